The molecular formula is C31H41N5O6. The third-order valence-electron chi connectivity index (χ3n) is 7.69. The molecular weight excluding hydrogens is 538 g/mol. The number of cyclic esters (lactones) is 1. The van der Waals surface area contributed by atoms with Gasteiger partial charge in [-0.3, -0.25) is 29.2 Å². The van der Waals surface area contributed by atoms with Crippen LogP contribution in [0.1, 0.15) is 64.8 Å². The number of hydrogen-bond acceptors (Lipinski definition) is 8. The molecule has 1 aromatic carbocycles. The van der Waals surface area contributed by atoms with Gasteiger partial charge in [-0.1, -0.05) is 44.2 Å². The molecule has 0 aliphatic carbocycles. The molecule has 3 amide bonds. The first-order chi connectivity index (χ1) is 19.9. The lowest BCUT2D eigenvalue weighted by Crippen LogP contribution is -2.61. The van der Waals surface area contributed by atoms with Gasteiger partial charge in [0.1, 0.15) is 17.5 Å². The Hall–Kier alpha value is -3.83. The Morgan fingerprint density at radius 3 is 2.50 bits per heavy atom. The molecule has 2 aromatic rings. The maximum absolute atomic E-state index is 13.5. The third kappa shape index (κ3) is 6.96. The molecule has 3 N–H and O–H groups in total. The molecule has 11 nitrogen and oxygen atoms in total. The molecule has 1 aromatic heterocycles. The molecule has 2 aliphatic heterocycles. The number of amides is 3. The number of hydrogen-bond donors (Lipinski definition) is 3. The van der Waals surface area contributed by atoms with Crippen molar-refractivity contribution in [3.63, 3.8) is 0 Å². The topological polar surface area (TPSA) is 139 Å². The minimum Gasteiger partial charge on any atom is -0.451 e. The van der Waals surface area contributed by atoms with E-state index in [4.69, 9.17) is 14.5 Å². The molecule has 226 valence electrons. The molecule has 1 saturated heterocycles. The Morgan fingerprint density at radius 1 is 1.07 bits per heavy atom. The molecule has 4 rings (SSSR count). The number of carbonyl (C=O) groups is 4. The van der Waals surface area contributed by atoms with Crippen molar-refractivity contribution >= 4 is 40.7 Å². The number of methoxy groups -OCH3 is 1. The Kier molecular flexibility index (Phi) is 9.63. The smallest absolute Gasteiger partial charge is 0.318 e. The highest BCUT2D eigenvalue weighted by Gasteiger charge is 2.38. The fourth-order valence-corrected chi connectivity index (χ4v) is 5.11. The Balaban J connectivity index is 1.74. The number of benzene rings is 1. The zero-order valence-corrected chi connectivity index (χ0v) is 25.1. The minimum atomic E-state index is -1.20. The van der Waals surface area contributed by atoms with Crippen LogP contribution in [0.5, 0.6) is 0 Å². The van der Waals surface area contributed by atoms with Gasteiger partial charge >= 0.3 is 5.97 Å². The summed E-state index contributed by atoms with van der Waals surface area (Å²) in [5, 5.41) is 8.01. The summed E-state index contributed by atoms with van der Waals surface area (Å²) in [5.74, 6) is -2.21. The van der Waals surface area contributed by atoms with Crippen LogP contribution in [-0.4, -0.2) is 72.1 Å². The lowest BCUT2D eigenvalue weighted by atomic mass is 9.90. The van der Waals surface area contributed by atoms with Crippen molar-refractivity contribution in [3.05, 3.63) is 47.7 Å². The number of fused-ring (bicyclic) bond motifs is 4. The number of pyridine rings is 1. The monoisotopic (exact) mass is 579 g/mol. The largest absolute Gasteiger partial charge is 0.451 e. The number of ether oxygens (including phenoxy) is 2. The van der Waals surface area contributed by atoms with Crippen LogP contribution in [0.3, 0.4) is 0 Å². The zero-order valence-electron chi connectivity index (χ0n) is 25.1. The minimum absolute atomic E-state index is 0.0264. The van der Waals surface area contributed by atoms with Gasteiger partial charge in [0.25, 0.3) is 11.8 Å². The molecule has 1 fully saturated rings. The summed E-state index contributed by atoms with van der Waals surface area (Å²) in [5.41, 5.74) is 4.05. The predicted molar refractivity (Wildman–Crippen MR) is 158 cm³/mol. The molecule has 0 saturated carbocycles. The summed E-state index contributed by atoms with van der Waals surface area (Å²) in [7, 11) is 1.49. The van der Waals surface area contributed by atoms with Gasteiger partial charge in [0.05, 0.1) is 23.9 Å². The Labute approximate surface area is 246 Å². The highest BCUT2D eigenvalue weighted by Crippen LogP contribution is 2.26. The molecule has 11 heteroatoms. The normalized spacial score (nSPS) is 28.8. The van der Waals surface area contributed by atoms with E-state index < -0.39 is 41.4 Å². The summed E-state index contributed by atoms with van der Waals surface area (Å²) < 4.78 is 11.1. The molecule has 3 heterocycles. The molecule has 2 aliphatic rings. The fourth-order valence-electron chi connectivity index (χ4n) is 5.11. The van der Waals surface area contributed by atoms with Gasteiger partial charge in [0.2, 0.25) is 5.91 Å². The first kappa shape index (κ1) is 31.1. The lowest BCUT2D eigenvalue weighted by molar-refractivity contribution is -0.168. The molecule has 0 radical (unpaired) electrons. The van der Waals surface area contributed by atoms with Gasteiger partial charge in [-0.2, -0.15) is 0 Å². The van der Waals surface area contributed by atoms with Crippen molar-refractivity contribution in [3.8, 4) is 0 Å². The highest BCUT2D eigenvalue weighted by atomic mass is 16.6. The van der Waals surface area contributed by atoms with E-state index >= 15 is 0 Å². The quantitative estimate of drug-likeness (QED) is 0.472. The van der Waals surface area contributed by atoms with Crippen LogP contribution in [0.2, 0.25) is 0 Å². The van der Waals surface area contributed by atoms with Crippen LogP contribution in [0.15, 0.2) is 36.4 Å². The Morgan fingerprint density at radius 2 is 1.79 bits per heavy atom. The van der Waals surface area contributed by atoms with Gasteiger partial charge < -0.3 is 20.1 Å². The van der Waals surface area contributed by atoms with E-state index in [9.17, 15) is 19.2 Å². The number of rotatable bonds is 3. The molecule has 0 spiro atoms. The van der Waals surface area contributed by atoms with Crippen molar-refractivity contribution in [2.24, 2.45) is 11.3 Å². The summed E-state index contributed by atoms with van der Waals surface area (Å²) in [4.78, 5) is 58.0. The van der Waals surface area contributed by atoms with Crippen molar-refractivity contribution in [1.29, 1.82) is 0 Å². The summed E-state index contributed by atoms with van der Waals surface area (Å²) in [6, 6.07) is 7.67. The molecule has 4 unspecified atom stereocenters. The first-order valence-corrected chi connectivity index (χ1v) is 14.4. The van der Waals surface area contributed by atoms with Crippen molar-refractivity contribution in [2.75, 3.05) is 20.3 Å². The number of nitrogens with one attached hydrogen (secondary N) is 3. The van der Waals surface area contributed by atoms with E-state index in [-0.39, 0.29) is 24.5 Å². The van der Waals surface area contributed by atoms with E-state index in [1.54, 1.807) is 39.8 Å². The number of nitrogens with zero attached hydrogens (tertiary/aromatic N) is 2. The number of esters is 1. The molecule has 42 heavy (non-hydrogen) atoms. The van der Waals surface area contributed by atoms with Gasteiger partial charge in [-0.05, 0) is 57.2 Å². The maximum Gasteiger partial charge on any atom is 0.318 e. The van der Waals surface area contributed by atoms with Crippen LogP contribution < -0.4 is 16.1 Å². The second kappa shape index (κ2) is 13.0. The molecule has 5 atom stereocenters. The lowest BCUT2D eigenvalue weighted by Gasteiger charge is -2.35. The van der Waals surface area contributed by atoms with E-state index in [1.807, 2.05) is 37.3 Å². The summed E-state index contributed by atoms with van der Waals surface area (Å²) in [6.45, 7) is 9.06. The van der Waals surface area contributed by atoms with Crippen molar-refractivity contribution in [1.82, 2.24) is 26.1 Å². The summed E-state index contributed by atoms with van der Waals surface area (Å²) in [6.07, 6.45) is 3.53. The SMILES string of the molecule is COCC1(C)/C=C/c2ccc3ccc(nc3c2)[C@@H](C)NC(=O)C2CCCN(N2)C(=O)C(C)NC(=O)C(C(C)C)OC1=O. The van der Waals surface area contributed by atoms with Crippen LogP contribution in [0, 0.1) is 11.3 Å². The van der Waals surface area contributed by atoms with Crippen LogP contribution in [0.4, 0.5) is 0 Å². The zero-order chi connectivity index (χ0) is 30.6. The predicted octanol–water partition coefficient (Wildman–Crippen LogP) is 2.66. The highest BCUT2D eigenvalue weighted by molar-refractivity contribution is 5.91. The van der Waals surface area contributed by atoms with E-state index in [1.165, 1.54) is 12.1 Å². The van der Waals surface area contributed by atoms with Gasteiger partial charge in [-0.15, -0.1) is 0 Å². The Bertz CT molecular complexity index is 1380. The summed E-state index contributed by atoms with van der Waals surface area (Å²) >= 11 is 0. The van der Waals surface area contributed by atoms with E-state index in [2.05, 4.69) is 16.1 Å². The van der Waals surface area contributed by atoms with E-state index in [0.717, 1.165) is 16.5 Å². The fraction of sp³-hybridized carbons (Fsp3) is 0.516. The average Bonchev–Trinajstić information content (AvgIpc) is 2.97. The molecule has 5 bridgehead atoms. The van der Waals surface area contributed by atoms with Crippen LogP contribution in [-0.2, 0) is 28.7 Å². The maximum atomic E-state index is 13.5. The number of carbonyl (C=O) groups excluding carboxylic acids is 4. The first-order valence-electron chi connectivity index (χ1n) is 14.4. The number of aromatic nitrogens is 1. The van der Waals surface area contributed by atoms with Crippen molar-refractivity contribution < 1.29 is 28.7 Å². The number of hydrazine groups is 1. The second-order valence-electron chi connectivity index (χ2n) is 11.7. The third-order valence-corrected chi connectivity index (χ3v) is 7.69. The van der Waals surface area contributed by atoms with Gasteiger partial charge in [-0.25, -0.2) is 5.43 Å². The van der Waals surface area contributed by atoms with Crippen LogP contribution >= 0.6 is 0 Å². The van der Waals surface area contributed by atoms with Crippen LogP contribution in [0.25, 0.3) is 17.0 Å². The second-order valence-corrected chi connectivity index (χ2v) is 11.7. The standard InChI is InChI=1S/C31H41N5O6/c1-18(2)26-28(38)33-20(4)29(39)36-15-7-8-24(35-36)27(37)32-19(3)23-12-11-22-10-9-21(16-25(22)34-23)13-14-31(5,17-41-6)30(40)42-26/h9-14,16,18-20,24,26,35H,7-8,15,17H2,1-6H3,(H,32,37)(H,33,38)/b14-13+/t19-,20?,24?,26?,31?/m1/s1. The van der Waals surface area contributed by atoms with E-state index in [0.29, 0.717) is 25.1 Å². The average molecular weight is 580 g/mol. The van der Waals surface area contributed by atoms with Gasteiger partial charge in [0.15, 0.2) is 6.10 Å². The van der Waals surface area contributed by atoms with Crippen molar-refractivity contribution in [2.45, 2.75) is 71.7 Å². The van der Waals surface area contributed by atoms with Gasteiger partial charge in [0, 0.05) is 19.0 Å².